The fraction of sp³-hybridized carbons (Fsp3) is 0.429. The van der Waals surface area contributed by atoms with Crippen molar-refractivity contribution in [3.05, 3.63) is 35.4 Å². The van der Waals surface area contributed by atoms with Gasteiger partial charge in [0, 0.05) is 29.9 Å². The van der Waals surface area contributed by atoms with Crippen LogP contribution < -0.4 is 11.1 Å². The first-order valence-corrected chi connectivity index (χ1v) is 6.52. The third-order valence-electron chi connectivity index (χ3n) is 3.54. The van der Waals surface area contributed by atoms with E-state index >= 15 is 0 Å². The van der Waals surface area contributed by atoms with Crippen molar-refractivity contribution in [2.24, 2.45) is 10.9 Å². The summed E-state index contributed by atoms with van der Waals surface area (Å²) in [4.78, 5) is 12.3. The standard InChI is InChI=1S/C14H19N3O3/c1-14(5-7-20-8-6-14)16-13(18)11-4-2-3-10(9-11)12(15)17-19/h2-4,9,19H,5-8H2,1H3,(H2,15,17)(H,16,18). The number of amidine groups is 1. The van der Waals surface area contributed by atoms with Crippen LogP contribution in [-0.4, -0.2) is 35.7 Å². The van der Waals surface area contributed by atoms with Gasteiger partial charge in [0.05, 0.1) is 0 Å². The van der Waals surface area contributed by atoms with E-state index in [9.17, 15) is 4.79 Å². The predicted octanol–water partition coefficient (Wildman–Crippen LogP) is 1.08. The maximum absolute atomic E-state index is 12.3. The van der Waals surface area contributed by atoms with Crippen molar-refractivity contribution < 1.29 is 14.7 Å². The van der Waals surface area contributed by atoms with Gasteiger partial charge in [-0.1, -0.05) is 17.3 Å². The molecule has 0 atom stereocenters. The molecular formula is C14H19N3O3. The van der Waals surface area contributed by atoms with Crippen LogP contribution in [-0.2, 0) is 4.74 Å². The Hall–Kier alpha value is -2.08. The summed E-state index contributed by atoms with van der Waals surface area (Å²) in [5.41, 5.74) is 6.28. The zero-order valence-corrected chi connectivity index (χ0v) is 11.4. The number of amides is 1. The maximum atomic E-state index is 12.3. The molecule has 1 aromatic rings. The first kappa shape index (κ1) is 14.3. The Morgan fingerprint density at radius 3 is 2.70 bits per heavy atom. The Balaban J connectivity index is 2.13. The van der Waals surface area contributed by atoms with Gasteiger partial charge in [0.2, 0.25) is 0 Å². The summed E-state index contributed by atoms with van der Waals surface area (Å²) in [6, 6.07) is 6.69. The number of nitrogens with zero attached hydrogens (tertiary/aromatic N) is 1. The van der Waals surface area contributed by atoms with Gasteiger partial charge in [0.1, 0.15) is 0 Å². The largest absolute Gasteiger partial charge is 0.409 e. The lowest BCUT2D eigenvalue weighted by Gasteiger charge is -2.34. The van der Waals surface area contributed by atoms with Crippen molar-refractivity contribution in [3.8, 4) is 0 Å². The number of ether oxygens (including phenoxy) is 1. The third-order valence-corrected chi connectivity index (χ3v) is 3.54. The second-order valence-corrected chi connectivity index (χ2v) is 5.19. The first-order chi connectivity index (χ1) is 9.54. The first-order valence-electron chi connectivity index (χ1n) is 6.52. The van der Waals surface area contributed by atoms with Crippen LogP contribution in [0, 0.1) is 0 Å². The highest BCUT2D eigenvalue weighted by atomic mass is 16.5. The summed E-state index contributed by atoms with van der Waals surface area (Å²) in [5.74, 6) is -0.182. The topological polar surface area (TPSA) is 96.9 Å². The summed E-state index contributed by atoms with van der Waals surface area (Å²) in [6.07, 6.45) is 1.58. The quantitative estimate of drug-likeness (QED) is 0.333. The van der Waals surface area contributed by atoms with Crippen molar-refractivity contribution in [2.45, 2.75) is 25.3 Å². The lowest BCUT2D eigenvalue weighted by Crippen LogP contribution is -2.49. The molecule has 0 unspecified atom stereocenters. The van der Waals surface area contributed by atoms with Crippen LogP contribution in [0.15, 0.2) is 29.4 Å². The molecular weight excluding hydrogens is 258 g/mol. The minimum atomic E-state index is -0.248. The Morgan fingerprint density at radius 1 is 1.40 bits per heavy atom. The van der Waals surface area contributed by atoms with Crippen LogP contribution >= 0.6 is 0 Å². The van der Waals surface area contributed by atoms with Crippen LogP contribution in [0.2, 0.25) is 0 Å². The molecule has 0 aromatic heterocycles. The van der Waals surface area contributed by atoms with Gasteiger partial charge in [-0.25, -0.2) is 0 Å². The van der Waals surface area contributed by atoms with Crippen LogP contribution in [0.25, 0.3) is 0 Å². The molecule has 0 spiro atoms. The fourth-order valence-electron chi connectivity index (χ4n) is 2.17. The normalized spacial score (nSPS) is 18.6. The molecule has 1 aliphatic rings. The molecule has 0 saturated carbocycles. The molecule has 0 aliphatic carbocycles. The van der Waals surface area contributed by atoms with E-state index in [1.54, 1.807) is 24.3 Å². The summed E-state index contributed by atoms with van der Waals surface area (Å²) >= 11 is 0. The Morgan fingerprint density at radius 2 is 2.05 bits per heavy atom. The summed E-state index contributed by atoms with van der Waals surface area (Å²) < 4.78 is 5.31. The number of nitrogens with one attached hydrogen (secondary N) is 1. The summed E-state index contributed by atoms with van der Waals surface area (Å²) in [6.45, 7) is 3.32. The van der Waals surface area contributed by atoms with Crippen molar-refractivity contribution in [1.82, 2.24) is 5.32 Å². The molecule has 0 radical (unpaired) electrons. The van der Waals surface area contributed by atoms with Gasteiger partial charge < -0.3 is 21.0 Å². The van der Waals surface area contributed by atoms with E-state index in [0.29, 0.717) is 24.3 Å². The van der Waals surface area contributed by atoms with Gasteiger partial charge in [-0.05, 0) is 31.9 Å². The SMILES string of the molecule is CC1(NC(=O)c2cccc(/C(N)=N/O)c2)CCOCC1. The van der Waals surface area contributed by atoms with Crippen molar-refractivity contribution in [1.29, 1.82) is 0 Å². The van der Waals surface area contributed by atoms with Gasteiger partial charge in [-0.3, -0.25) is 4.79 Å². The van der Waals surface area contributed by atoms with Crippen molar-refractivity contribution >= 4 is 11.7 Å². The van der Waals surface area contributed by atoms with E-state index in [0.717, 1.165) is 12.8 Å². The lowest BCUT2D eigenvalue weighted by atomic mass is 9.92. The minimum absolute atomic E-state index is 0.0167. The third kappa shape index (κ3) is 3.27. The Kier molecular flexibility index (Phi) is 4.24. The average molecular weight is 277 g/mol. The molecule has 1 heterocycles. The second-order valence-electron chi connectivity index (χ2n) is 5.19. The van der Waals surface area contributed by atoms with Gasteiger partial charge in [0.25, 0.3) is 5.91 Å². The summed E-state index contributed by atoms with van der Waals surface area (Å²) in [5, 5.41) is 14.6. The van der Waals surface area contributed by atoms with Gasteiger partial charge in [0.15, 0.2) is 5.84 Å². The van der Waals surface area contributed by atoms with Crippen LogP contribution in [0.4, 0.5) is 0 Å². The monoisotopic (exact) mass is 277 g/mol. The number of hydrogen-bond acceptors (Lipinski definition) is 4. The van der Waals surface area contributed by atoms with Crippen LogP contribution in [0.3, 0.4) is 0 Å². The highest BCUT2D eigenvalue weighted by Crippen LogP contribution is 2.20. The van der Waals surface area contributed by atoms with Gasteiger partial charge in [-0.2, -0.15) is 0 Å². The zero-order chi connectivity index (χ0) is 14.6. The van der Waals surface area contributed by atoms with Gasteiger partial charge >= 0.3 is 0 Å². The number of nitrogens with two attached hydrogens (primary N) is 1. The number of hydrogen-bond donors (Lipinski definition) is 3. The number of carbonyl (C=O) groups is 1. The second kappa shape index (κ2) is 5.92. The Labute approximate surface area is 117 Å². The highest BCUT2D eigenvalue weighted by molar-refractivity contribution is 6.01. The minimum Gasteiger partial charge on any atom is -0.409 e. The Bertz CT molecular complexity index is 522. The molecule has 1 amide bonds. The van der Waals surface area contributed by atoms with E-state index in [2.05, 4.69) is 10.5 Å². The van der Waals surface area contributed by atoms with E-state index in [4.69, 9.17) is 15.7 Å². The molecule has 6 nitrogen and oxygen atoms in total. The smallest absolute Gasteiger partial charge is 0.251 e. The van der Waals surface area contributed by atoms with Gasteiger partial charge in [-0.15, -0.1) is 0 Å². The van der Waals surface area contributed by atoms with E-state index in [1.165, 1.54) is 0 Å². The molecule has 20 heavy (non-hydrogen) atoms. The molecule has 0 bridgehead atoms. The average Bonchev–Trinajstić information content (AvgIpc) is 2.47. The molecule has 1 fully saturated rings. The molecule has 1 aliphatic heterocycles. The molecule has 1 saturated heterocycles. The number of carbonyl (C=O) groups excluding carboxylic acids is 1. The maximum Gasteiger partial charge on any atom is 0.251 e. The number of benzene rings is 1. The molecule has 108 valence electrons. The number of rotatable bonds is 3. The van der Waals surface area contributed by atoms with Crippen LogP contribution in [0.5, 0.6) is 0 Å². The molecule has 2 rings (SSSR count). The predicted molar refractivity (Wildman–Crippen MR) is 74.9 cm³/mol. The van der Waals surface area contributed by atoms with E-state index in [-0.39, 0.29) is 17.3 Å². The number of oxime groups is 1. The highest BCUT2D eigenvalue weighted by Gasteiger charge is 2.29. The fourth-order valence-corrected chi connectivity index (χ4v) is 2.17. The van der Waals surface area contributed by atoms with E-state index in [1.807, 2.05) is 6.92 Å². The molecule has 4 N–H and O–H groups in total. The summed E-state index contributed by atoms with van der Waals surface area (Å²) in [7, 11) is 0. The van der Waals surface area contributed by atoms with E-state index < -0.39 is 0 Å². The lowest BCUT2D eigenvalue weighted by molar-refractivity contribution is 0.0423. The van der Waals surface area contributed by atoms with Crippen molar-refractivity contribution in [3.63, 3.8) is 0 Å². The molecule has 1 aromatic carbocycles. The van der Waals surface area contributed by atoms with Crippen molar-refractivity contribution in [2.75, 3.05) is 13.2 Å². The zero-order valence-electron chi connectivity index (χ0n) is 11.4. The van der Waals surface area contributed by atoms with Crippen LogP contribution in [0.1, 0.15) is 35.7 Å². The molecule has 6 heteroatoms.